The lowest BCUT2D eigenvalue weighted by molar-refractivity contribution is -0.146. The van der Waals surface area contributed by atoms with Crippen LogP contribution in [0.25, 0.3) is 0 Å². The lowest BCUT2D eigenvalue weighted by Crippen LogP contribution is -2.22. The van der Waals surface area contributed by atoms with Crippen molar-refractivity contribution in [2.45, 2.75) is 6.42 Å². The van der Waals surface area contributed by atoms with E-state index in [1.807, 2.05) is 0 Å². The number of carbonyl (C=O) groups excluding carboxylic acids is 2. The summed E-state index contributed by atoms with van der Waals surface area (Å²) < 4.78 is 26.0. The monoisotopic (exact) mass is 389 g/mol. The first-order valence-electron chi connectivity index (χ1n) is 8.39. The van der Waals surface area contributed by atoms with Gasteiger partial charge < -0.3 is 29.0 Å². The van der Waals surface area contributed by atoms with E-state index in [2.05, 4.69) is 5.32 Å². The zero-order valence-corrected chi connectivity index (χ0v) is 16.2. The Bertz CT molecular complexity index is 810. The molecule has 2 aromatic carbocycles. The van der Waals surface area contributed by atoms with Gasteiger partial charge in [-0.25, -0.2) is 0 Å². The van der Waals surface area contributed by atoms with E-state index in [9.17, 15) is 9.59 Å². The molecule has 0 bridgehead atoms. The number of benzene rings is 2. The van der Waals surface area contributed by atoms with Crippen LogP contribution in [0.15, 0.2) is 36.4 Å². The second-order valence-corrected chi connectivity index (χ2v) is 5.62. The van der Waals surface area contributed by atoms with Gasteiger partial charge in [-0.15, -0.1) is 0 Å². The number of ether oxygens (including phenoxy) is 5. The average Bonchev–Trinajstić information content (AvgIpc) is 2.71. The SMILES string of the molecule is COc1ccccc1NC(=O)COC(=O)Cc1cc(OC)c(OC)c(OC)c1. The molecule has 0 aliphatic carbocycles. The largest absolute Gasteiger partial charge is 0.495 e. The van der Waals surface area contributed by atoms with Gasteiger partial charge >= 0.3 is 5.97 Å². The maximum absolute atomic E-state index is 12.1. The molecular formula is C20H23NO7. The van der Waals surface area contributed by atoms with E-state index in [-0.39, 0.29) is 6.42 Å². The van der Waals surface area contributed by atoms with Crippen LogP contribution in [0.2, 0.25) is 0 Å². The minimum Gasteiger partial charge on any atom is -0.495 e. The van der Waals surface area contributed by atoms with Gasteiger partial charge in [-0.2, -0.15) is 0 Å². The highest BCUT2D eigenvalue weighted by Gasteiger charge is 2.16. The van der Waals surface area contributed by atoms with Crippen molar-refractivity contribution >= 4 is 17.6 Å². The first-order valence-corrected chi connectivity index (χ1v) is 8.39. The number of hydrogen-bond acceptors (Lipinski definition) is 7. The van der Waals surface area contributed by atoms with Crippen LogP contribution >= 0.6 is 0 Å². The summed E-state index contributed by atoms with van der Waals surface area (Å²) in [4.78, 5) is 24.1. The molecule has 0 spiro atoms. The van der Waals surface area contributed by atoms with Gasteiger partial charge in [0.15, 0.2) is 18.1 Å². The van der Waals surface area contributed by atoms with Crippen molar-refractivity contribution in [3.05, 3.63) is 42.0 Å². The average molecular weight is 389 g/mol. The van der Waals surface area contributed by atoms with E-state index >= 15 is 0 Å². The number of anilines is 1. The van der Waals surface area contributed by atoms with Crippen LogP contribution in [0.5, 0.6) is 23.0 Å². The van der Waals surface area contributed by atoms with Crippen LogP contribution in [0.3, 0.4) is 0 Å². The number of esters is 1. The third-order valence-corrected chi connectivity index (χ3v) is 3.82. The molecule has 0 aliphatic rings. The molecule has 150 valence electrons. The van der Waals surface area contributed by atoms with Crippen molar-refractivity contribution < 1.29 is 33.3 Å². The fraction of sp³-hybridized carbons (Fsp3) is 0.300. The van der Waals surface area contributed by atoms with Crippen molar-refractivity contribution in [1.82, 2.24) is 0 Å². The Hall–Kier alpha value is -3.42. The molecule has 0 saturated carbocycles. The van der Waals surface area contributed by atoms with Gasteiger partial charge in [0.05, 0.1) is 40.5 Å². The van der Waals surface area contributed by atoms with Crippen molar-refractivity contribution in [2.24, 2.45) is 0 Å². The molecule has 0 aliphatic heterocycles. The summed E-state index contributed by atoms with van der Waals surface area (Å²) in [5.41, 5.74) is 1.10. The molecule has 1 N–H and O–H groups in total. The topological polar surface area (TPSA) is 92.3 Å². The van der Waals surface area contributed by atoms with Crippen molar-refractivity contribution in [3.63, 3.8) is 0 Å². The molecule has 2 aromatic rings. The summed E-state index contributed by atoms with van der Waals surface area (Å²) in [5.74, 6) is 0.766. The third kappa shape index (κ3) is 5.29. The van der Waals surface area contributed by atoms with Crippen LogP contribution in [-0.4, -0.2) is 46.9 Å². The van der Waals surface area contributed by atoms with E-state index < -0.39 is 18.5 Å². The third-order valence-electron chi connectivity index (χ3n) is 3.82. The van der Waals surface area contributed by atoms with Gasteiger partial charge in [-0.1, -0.05) is 12.1 Å². The van der Waals surface area contributed by atoms with E-state index in [1.54, 1.807) is 36.4 Å². The highest BCUT2D eigenvalue weighted by atomic mass is 16.5. The van der Waals surface area contributed by atoms with Crippen molar-refractivity contribution in [1.29, 1.82) is 0 Å². The predicted octanol–water partition coefficient (Wildman–Crippen LogP) is 2.45. The van der Waals surface area contributed by atoms with Crippen LogP contribution in [-0.2, 0) is 20.7 Å². The molecule has 8 nitrogen and oxygen atoms in total. The molecule has 0 heterocycles. The zero-order chi connectivity index (χ0) is 20.5. The maximum atomic E-state index is 12.1. The fourth-order valence-electron chi connectivity index (χ4n) is 2.54. The molecule has 0 fully saturated rings. The fourth-order valence-corrected chi connectivity index (χ4v) is 2.54. The van der Waals surface area contributed by atoms with Gasteiger partial charge in [0.2, 0.25) is 5.75 Å². The maximum Gasteiger partial charge on any atom is 0.310 e. The highest BCUT2D eigenvalue weighted by molar-refractivity contribution is 5.94. The lowest BCUT2D eigenvalue weighted by Gasteiger charge is -2.14. The van der Waals surface area contributed by atoms with Gasteiger partial charge in [-0.3, -0.25) is 9.59 Å². The number of rotatable bonds is 9. The second-order valence-electron chi connectivity index (χ2n) is 5.62. The van der Waals surface area contributed by atoms with Gasteiger partial charge in [-0.05, 0) is 29.8 Å². The molecular weight excluding hydrogens is 366 g/mol. The Labute approximate surface area is 163 Å². The van der Waals surface area contributed by atoms with E-state index in [0.717, 1.165) is 0 Å². The summed E-state index contributed by atoms with van der Waals surface area (Å²) in [6.45, 7) is -0.415. The molecule has 0 saturated heterocycles. The van der Waals surface area contributed by atoms with Gasteiger partial charge in [0, 0.05) is 0 Å². The Kier molecular flexibility index (Phi) is 7.50. The highest BCUT2D eigenvalue weighted by Crippen LogP contribution is 2.38. The molecule has 2 rings (SSSR count). The number of nitrogens with one attached hydrogen (secondary N) is 1. The molecule has 0 atom stereocenters. The molecule has 8 heteroatoms. The van der Waals surface area contributed by atoms with Crippen molar-refractivity contribution in [3.8, 4) is 23.0 Å². The van der Waals surface area contributed by atoms with Crippen LogP contribution < -0.4 is 24.3 Å². The number of para-hydroxylation sites is 2. The molecule has 0 radical (unpaired) electrons. The zero-order valence-electron chi connectivity index (χ0n) is 16.2. The summed E-state index contributed by atoms with van der Waals surface area (Å²) in [5, 5.41) is 2.63. The first-order chi connectivity index (χ1) is 13.5. The van der Waals surface area contributed by atoms with Crippen LogP contribution in [0.4, 0.5) is 5.69 Å². The van der Waals surface area contributed by atoms with Gasteiger partial charge in [0.25, 0.3) is 5.91 Å². The molecule has 0 aromatic heterocycles. The summed E-state index contributed by atoms with van der Waals surface area (Å²) in [7, 11) is 5.97. The van der Waals surface area contributed by atoms with E-state index in [0.29, 0.717) is 34.2 Å². The molecule has 1 amide bonds. The Morgan fingerprint density at radius 1 is 0.857 bits per heavy atom. The molecule has 0 unspecified atom stereocenters. The number of methoxy groups -OCH3 is 4. The first kappa shape index (κ1) is 20.9. The van der Waals surface area contributed by atoms with E-state index in [1.165, 1.54) is 28.4 Å². The van der Waals surface area contributed by atoms with Crippen LogP contribution in [0.1, 0.15) is 5.56 Å². The van der Waals surface area contributed by atoms with E-state index in [4.69, 9.17) is 23.7 Å². The standard InChI is InChI=1S/C20H23NO7/c1-24-15-8-6-5-7-14(15)21-18(22)12-28-19(23)11-13-9-16(25-2)20(27-4)17(10-13)26-3/h5-10H,11-12H2,1-4H3,(H,21,22). The lowest BCUT2D eigenvalue weighted by atomic mass is 10.1. The predicted molar refractivity (Wildman–Crippen MR) is 102 cm³/mol. The minimum absolute atomic E-state index is 0.0569. The Morgan fingerprint density at radius 2 is 1.46 bits per heavy atom. The molecule has 28 heavy (non-hydrogen) atoms. The van der Waals surface area contributed by atoms with Crippen LogP contribution in [0, 0.1) is 0 Å². The quantitative estimate of drug-likeness (QED) is 0.659. The van der Waals surface area contributed by atoms with Crippen molar-refractivity contribution in [2.75, 3.05) is 40.4 Å². The van der Waals surface area contributed by atoms with Gasteiger partial charge in [0.1, 0.15) is 5.75 Å². The normalized spacial score (nSPS) is 10.0. The minimum atomic E-state index is -0.565. The Morgan fingerprint density at radius 3 is 2.04 bits per heavy atom. The smallest absolute Gasteiger partial charge is 0.310 e. The summed E-state index contributed by atoms with van der Waals surface area (Å²) in [6.07, 6.45) is -0.0569. The summed E-state index contributed by atoms with van der Waals surface area (Å²) in [6, 6.07) is 10.2. The second kappa shape index (κ2) is 10.1. The summed E-state index contributed by atoms with van der Waals surface area (Å²) >= 11 is 0. The number of hydrogen-bond donors (Lipinski definition) is 1. The number of carbonyl (C=O) groups is 2. The Balaban J connectivity index is 1.96. The number of amides is 1.